The van der Waals surface area contributed by atoms with Crippen molar-refractivity contribution in [3.8, 4) is 5.75 Å². The van der Waals surface area contributed by atoms with Gasteiger partial charge in [-0.05, 0) is 44.7 Å². The molecule has 0 bridgehead atoms. The van der Waals surface area contributed by atoms with Crippen molar-refractivity contribution in [2.24, 2.45) is 0 Å². The highest BCUT2D eigenvalue weighted by molar-refractivity contribution is 8.09. The van der Waals surface area contributed by atoms with E-state index in [2.05, 4.69) is 25.4 Å². The Hall–Kier alpha value is -2.45. The second-order valence-corrected chi connectivity index (χ2v) is 12.5. The minimum absolute atomic E-state index is 0.173. The molecule has 3 N–H and O–H groups in total. The van der Waals surface area contributed by atoms with Crippen LogP contribution in [-0.2, 0) is 30.6 Å². The topological polar surface area (TPSA) is 142 Å². The number of aromatic nitrogens is 4. The molecule has 218 valence electrons. The zero-order chi connectivity index (χ0) is 29.1. The Morgan fingerprint density at radius 3 is 2.75 bits per heavy atom. The van der Waals surface area contributed by atoms with Gasteiger partial charge in [0.25, 0.3) is 0 Å². The molecule has 1 aliphatic heterocycles. The number of nitrogens with one attached hydrogen (secondary N) is 2. The molecule has 0 spiro atoms. The van der Waals surface area contributed by atoms with E-state index in [1.165, 1.54) is 10.9 Å². The van der Waals surface area contributed by atoms with Crippen LogP contribution < -0.4 is 14.9 Å². The quantitative estimate of drug-likeness (QED) is 0.156. The lowest BCUT2D eigenvalue weighted by Gasteiger charge is -2.33. The van der Waals surface area contributed by atoms with Crippen LogP contribution in [0.25, 0.3) is 11.2 Å². The van der Waals surface area contributed by atoms with Gasteiger partial charge in [0, 0.05) is 7.05 Å². The van der Waals surface area contributed by atoms with Crippen molar-refractivity contribution < 1.29 is 32.8 Å². The van der Waals surface area contributed by atoms with Gasteiger partial charge in [-0.25, -0.2) is 24.4 Å². The van der Waals surface area contributed by atoms with E-state index in [-0.39, 0.29) is 12.5 Å². The van der Waals surface area contributed by atoms with E-state index >= 15 is 4.39 Å². The van der Waals surface area contributed by atoms with Crippen LogP contribution in [0.2, 0.25) is 0 Å². The van der Waals surface area contributed by atoms with E-state index < -0.39 is 49.4 Å². The van der Waals surface area contributed by atoms with Crippen molar-refractivity contribution in [1.29, 1.82) is 0 Å². The number of alkyl halides is 2. The number of hydrogen-bond acceptors (Lipinski definition) is 11. The third-order valence-corrected chi connectivity index (χ3v) is 9.11. The van der Waals surface area contributed by atoms with E-state index in [1.54, 1.807) is 58.2 Å². The van der Waals surface area contributed by atoms with Crippen molar-refractivity contribution in [3.05, 3.63) is 42.5 Å². The van der Waals surface area contributed by atoms with Gasteiger partial charge in [-0.1, -0.05) is 18.2 Å². The van der Waals surface area contributed by atoms with Gasteiger partial charge in [0.15, 0.2) is 29.4 Å². The maximum Gasteiger partial charge on any atom is 0.323 e. The molecule has 3 aromatic rings. The average Bonchev–Trinajstić information content (AvgIpc) is 3.46. The standard InChI is InChI=1S/C24H31ClFN6O6PS/c1-5-35-23(34)14(2)31-39(40,38-16-9-7-6-8-10-16)36-12-24(11-25)19(33)17(26)22(37-24)32-13-28-18-20(27-4)29-15(3)30-21(18)32/h6-10,13-14,17,19,22,33H,5,11-12H2,1-4H3,(H,31,40)(H,27,29,30)/t14-,17+,19+,22-,24-,39-/m1/s1. The summed E-state index contributed by atoms with van der Waals surface area (Å²) >= 11 is 12.0. The molecule has 3 heterocycles. The number of carbonyl (C=O) groups is 1. The van der Waals surface area contributed by atoms with Gasteiger partial charge < -0.3 is 28.9 Å². The summed E-state index contributed by atoms with van der Waals surface area (Å²) in [6.07, 6.45) is -3.60. The minimum Gasteiger partial charge on any atom is -0.465 e. The number of imidazole rings is 1. The molecule has 0 aliphatic carbocycles. The Kier molecular flexibility index (Phi) is 9.61. The predicted molar refractivity (Wildman–Crippen MR) is 151 cm³/mol. The van der Waals surface area contributed by atoms with Gasteiger partial charge in [-0.3, -0.25) is 9.36 Å². The monoisotopic (exact) mass is 616 g/mol. The first-order valence-corrected chi connectivity index (χ1v) is 15.6. The van der Waals surface area contributed by atoms with Crippen molar-refractivity contribution in [3.63, 3.8) is 0 Å². The highest BCUT2D eigenvalue weighted by Crippen LogP contribution is 2.49. The van der Waals surface area contributed by atoms with Gasteiger partial charge >= 0.3 is 12.6 Å². The fourth-order valence-electron chi connectivity index (χ4n) is 4.15. The molecule has 1 fully saturated rings. The van der Waals surface area contributed by atoms with Gasteiger partial charge in [0.05, 0.1) is 25.4 Å². The highest BCUT2D eigenvalue weighted by Gasteiger charge is 2.57. The number of nitrogens with zero attached hydrogens (tertiary/aromatic N) is 4. The Labute approximate surface area is 240 Å². The lowest BCUT2D eigenvalue weighted by atomic mass is 9.99. The van der Waals surface area contributed by atoms with Crippen LogP contribution in [0.15, 0.2) is 36.7 Å². The zero-order valence-corrected chi connectivity index (χ0v) is 24.8. The average molecular weight is 617 g/mol. The van der Waals surface area contributed by atoms with Crippen LogP contribution in [0.3, 0.4) is 0 Å². The summed E-state index contributed by atoms with van der Waals surface area (Å²) < 4.78 is 40.2. The number of carbonyl (C=O) groups excluding carboxylic acids is 1. The van der Waals surface area contributed by atoms with Crippen LogP contribution in [0.4, 0.5) is 10.2 Å². The highest BCUT2D eigenvalue weighted by atomic mass is 35.5. The van der Waals surface area contributed by atoms with E-state index in [0.717, 1.165) is 0 Å². The second kappa shape index (κ2) is 12.6. The smallest absolute Gasteiger partial charge is 0.323 e. The first-order chi connectivity index (χ1) is 19.1. The van der Waals surface area contributed by atoms with Gasteiger partial charge in [0.1, 0.15) is 29.3 Å². The van der Waals surface area contributed by atoms with E-state index in [1.807, 2.05) is 0 Å². The lowest BCUT2D eigenvalue weighted by Crippen LogP contribution is -2.48. The van der Waals surface area contributed by atoms with E-state index in [9.17, 15) is 9.90 Å². The molecular weight excluding hydrogens is 586 g/mol. The van der Waals surface area contributed by atoms with E-state index in [4.69, 9.17) is 41.9 Å². The summed E-state index contributed by atoms with van der Waals surface area (Å²) in [6, 6.07) is 7.73. The zero-order valence-electron chi connectivity index (χ0n) is 22.3. The molecule has 0 amide bonds. The Bertz CT molecular complexity index is 1390. The number of ether oxygens (including phenoxy) is 2. The molecule has 0 radical (unpaired) electrons. The number of hydrogen-bond donors (Lipinski definition) is 3. The number of aryl methyl sites for hydroxylation is 1. The second-order valence-electron chi connectivity index (χ2n) is 9.07. The fourth-order valence-corrected chi connectivity index (χ4v) is 6.88. The molecule has 1 saturated heterocycles. The molecule has 40 heavy (non-hydrogen) atoms. The number of benzene rings is 1. The summed E-state index contributed by atoms with van der Waals surface area (Å²) in [7, 11) is 1.68. The molecule has 0 saturated carbocycles. The van der Waals surface area contributed by atoms with Crippen molar-refractivity contribution in [1.82, 2.24) is 24.6 Å². The van der Waals surface area contributed by atoms with E-state index in [0.29, 0.717) is 28.6 Å². The molecule has 0 unspecified atom stereocenters. The van der Waals surface area contributed by atoms with Crippen LogP contribution in [0.5, 0.6) is 5.75 Å². The summed E-state index contributed by atoms with van der Waals surface area (Å²) in [4.78, 5) is 25.3. The number of rotatable bonds is 12. The van der Waals surface area contributed by atoms with Gasteiger partial charge in [-0.15, -0.1) is 11.6 Å². The number of fused-ring (bicyclic) bond motifs is 1. The third-order valence-electron chi connectivity index (χ3n) is 6.18. The van der Waals surface area contributed by atoms with Crippen LogP contribution in [0.1, 0.15) is 25.9 Å². The van der Waals surface area contributed by atoms with Crippen LogP contribution in [0, 0.1) is 6.92 Å². The molecule has 1 aliphatic rings. The molecule has 6 atom stereocenters. The Morgan fingerprint density at radius 1 is 1.38 bits per heavy atom. The maximum atomic E-state index is 15.7. The predicted octanol–water partition coefficient (Wildman–Crippen LogP) is 3.24. The molecule has 2 aromatic heterocycles. The number of aliphatic hydroxyl groups excluding tert-OH is 1. The largest absolute Gasteiger partial charge is 0.465 e. The third kappa shape index (κ3) is 6.23. The molecule has 12 nitrogen and oxygen atoms in total. The maximum absolute atomic E-state index is 15.7. The van der Waals surface area contributed by atoms with Crippen LogP contribution >= 0.6 is 18.2 Å². The first-order valence-electron chi connectivity index (χ1n) is 12.4. The normalized spacial score (nSPS) is 24.9. The van der Waals surface area contributed by atoms with Gasteiger partial charge in [0.2, 0.25) is 0 Å². The van der Waals surface area contributed by atoms with Crippen LogP contribution in [-0.4, -0.2) is 80.7 Å². The number of para-hydroxylation sites is 1. The molecular formula is C24H31ClFN6O6PS. The summed E-state index contributed by atoms with van der Waals surface area (Å²) in [5.74, 6) is 0.364. The SMILES string of the molecule is CCOC(=O)[C@@H](C)N[P@@](=S)(OC[C@@]1(CCl)O[C@@H](n2cnc3c(NC)nc(C)nc32)[C@@H](F)[C@@H]1O)Oc1ccccc1. The Morgan fingerprint density at radius 2 is 2.10 bits per heavy atom. The number of anilines is 1. The number of halogens is 2. The summed E-state index contributed by atoms with van der Waals surface area (Å²) in [5.41, 5.74) is -1.01. The Balaban J connectivity index is 1.61. The summed E-state index contributed by atoms with van der Waals surface area (Å²) in [6.45, 7) is 1.14. The molecule has 1 aromatic carbocycles. The lowest BCUT2D eigenvalue weighted by molar-refractivity contribution is -0.144. The van der Waals surface area contributed by atoms with Crippen molar-refractivity contribution in [2.75, 3.05) is 31.5 Å². The summed E-state index contributed by atoms with van der Waals surface area (Å²) in [5, 5.41) is 16.9. The molecule has 4 rings (SSSR count). The number of esters is 1. The fraction of sp³-hybridized carbons (Fsp3) is 0.500. The van der Waals surface area contributed by atoms with Gasteiger partial charge in [-0.2, -0.15) is 0 Å². The first kappa shape index (κ1) is 30.5. The molecule has 16 heteroatoms. The van der Waals surface area contributed by atoms with Crippen molar-refractivity contribution in [2.45, 2.75) is 50.9 Å². The minimum atomic E-state index is -3.50. The van der Waals surface area contributed by atoms with Crippen molar-refractivity contribution >= 4 is 53.0 Å². The number of aliphatic hydroxyl groups is 1.